The standard InChI is InChI=1S/C22H23N3O2S2/c1-14-5-6-17(15(2)12-14)23-22(27)24-20(26)13-25-9-7-18-16(8-11-29-18)21(25)19-4-3-10-28-19/h3-6,8,10-12,21H,7,9,13H2,1-2H3,(H2,23,24,26,27). The summed E-state index contributed by atoms with van der Waals surface area (Å²) in [6, 6.07) is 11.7. The summed E-state index contributed by atoms with van der Waals surface area (Å²) >= 11 is 3.47. The maximum absolute atomic E-state index is 12.6. The first-order valence-electron chi connectivity index (χ1n) is 9.53. The van der Waals surface area contributed by atoms with Gasteiger partial charge in [-0.1, -0.05) is 23.8 Å². The summed E-state index contributed by atoms with van der Waals surface area (Å²) < 4.78 is 0. The van der Waals surface area contributed by atoms with Gasteiger partial charge in [-0.25, -0.2) is 4.79 Å². The largest absolute Gasteiger partial charge is 0.325 e. The van der Waals surface area contributed by atoms with Crippen LogP contribution in [-0.2, 0) is 11.2 Å². The fraction of sp³-hybridized carbons (Fsp3) is 0.273. The van der Waals surface area contributed by atoms with Crippen molar-refractivity contribution in [2.75, 3.05) is 18.4 Å². The van der Waals surface area contributed by atoms with Crippen LogP contribution in [0.25, 0.3) is 0 Å². The smallest absolute Gasteiger partial charge is 0.307 e. The van der Waals surface area contributed by atoms with Crippen molar-refractivity contribution in [1.82, 2.24) is 10.2 Å². The molecule has 0 bridgehead atoms. The highest BCUT2D eigenvalue weighted by Crippen LogP contribution is 2.39. The van der Waals surface area contributed by atoms with E-state index < -0.39 is 6.03 Å². The van der Waals surface area contributed by atoms with Gasteiger partial charge in [0.05, 0.1) is 12.6 Å². The third-order valence-electron chi connectivity index (χ3n) is 5.11. The molecule has 3 amide bonds. The number of hydrogen-bond acceptors (Lipinski definition) is 5. The normalized spacial score (nSPS) is 16.3. The van der Waals surface area contributed by atoms with Crippen molar-refractivity contribution in [2.45, 2.75) is 26.3 Å². The van der Waals surface area contributed by atoms with Crippen LogP contribution in [0.2, 0.25) is 0 Å². The molecule has 3 heterocycles. The second-order valence-electron chi connectivity index (χ2n) is 7.26. The molecule has 0 saturated heterocycles. The zero-order chi connectivity index (χ0) is 20.4. The molecule has 5 nitrogen and oxygen atoms in total. The molecule has 0 aliphatic carbocycles. The summed E-state index contributed by atoms with van der Waals surface area (Å²) in [4.78, 5) is 29.7. The number of rotatable bonds is 4. The molecular formula is C22H23N3O2S2. The Morgan fingerprint density at radius 3 is 2.76 bits per heavy atom. The van der Waals surface area contributed by atoms with E-state index in [0.717, 1.165) is 24.1 Å². The van der Waals surface area contributed by atoms with Gasteiger partial charge in [0.25, 0.3) is 0 Å². The molecule has 3 aromatic rings. The summed E-state index contributed by atoms with van der Waals surface area (Å²) in [5, 5.41) is 9.43. The van der Waals surface area contributed by atoms with Gasteiger partial charge >= 0.3 is 6.03 Å². The Morgan fingerprint density at radius 1 is 1.14 bits per heavy atom. The number of hydrogen-bond donors (Lipinski definition) is 2. The van der Waals surface area contributed by atoms with Crippen LogP contribution in [0.1, 0.15) is 32.5 Å². The molecule has 2 aromatic heterocycles. The summed E-state index contributed by atoms with van der Waals surface area (Å²) in [6.45, 7) is 4.91. The highest BCUT2D eigenvalue weighted by atomic mass is 32.1. The van der Waals surface area contributed by atoms with Crippen molar-refractivity contribution in [3.63, 3.8) is 0 Å². The number of aryl methyl sites for hydroxylation is 2. The first-order chi connectivity index (χ1) is 14.0. The van der Waals surface area contributed by atoms with Crippen LogP contribution in [-0.4, -0.2) is 29.9 Å². The second kappa shape index (κ2) is 8.49. The summed E-state index contributed by atoms with van der Waals surface area (Å²) in [6.07, 6.45) is 0.927. The average molecular weight is 426 g/mol. The number of nitrogens with one attached hydrogen (secondary N) is 2. The summed E-state index contributed by atoms with van der Waals surface area (Å²) in [7, 11) is 0. The highest BCUT2D eigenvalue weighted by Gasteiger charge is 2.31. The van der Waals surface area contributed by atoms with E-state index in [-0.39, 0.29) is 18.5 Å². The number of urea groups is 1. The third kappa shape index (κ3) is 4.42. The van der Waals surface area contributed by atoms with Gasteiger partial charge in [0.1, 0.15) is 0 Å². The van der Waals surface area contributed by atoms with Crippen molar-refractivity contribution < 1.29 is 9.59 Å². The lowest BCUT2D eigenvalue weighted by Crippen LogP contribution is -2.45. The van der Waals surface area contributed by atoms with E-state index in [9.17, 15) is 9.59 Å². The monoisotopic (exact) mass is 425 g/mol. The van der Waals surface area contributed by atoms with Gasteiger partial charge in [0.2, 0.25) is 5.91 Å². The Morgan fingerprint density at radius 2 is 2.00 bits per heavy atom. The van der Waals surface area contributed by atoms with Crippen LogP contribution in [0.15, 0.2) is 47.2 Å². The molecule has 1 aliphatic rings. The molecule has 150 valence electrons. The Kier molecular flexibility index (Phi) is 5.80. The van der Waals surface area contributed by atoms with E-state index in [1.54, 1.807) is 22.7 Å². The zero-order valence-corrected chi connectivity index (χ0v) is 18.0. The molecule has 0 spiro atoms. The maximum atomic E-state index is 12.6. The van der Waals surface area contributed by atoms with E-state index >= 15 is 0 Å². The Balaban J connectivity index is 1.43. The van der Waals surface area contributed by atoms with Crippen LogP contribution in [0.3, 0.4) is 0 Å². The molecule has 1 aromatic carbocycles. The molecule has 29 heavy (non-hydrogen) atoms. The predicted octanol–water partition coefficient (Wildman–Crippen LogP) is 4.72. The quantitative estimate of drug-likeness (QED) is 0.636. The van der Waals surface area contributed by atoms with Crippen molar-refractivity contribution >= 4 is 40.3 Å². The number of nitrogens with zero attached hydrogens (tertiary/aromatic N) is 1. The maximum Gasteiger partial charge on any atom is 0.325 e. The van der Waals surface area contributed by atoms with E-state index in [1.165, 1.54) is 15.3 Å². The topological polar surface area (TPSA) is 61.4 Å². The number of carbonyl (C=O) groups excluding carboxylic acids is 2. The first kappa shape index (κ1) is 19.8. The van der Waals surface area contributed by atoms with Crippen molar-refractivity contribution in [1.29, 1.82) is 0 Å². The Bertz CT molecular complexity index is 1030. The molecule has 0 fully saturated rings. The van der Waals surface area contributed by atoms with Crippen molar-refractivity contribution in [2.24, 2.45) is 0 Å². The third-order valence-corrected chi connectivity index (χ3v) is 7.03. The average Bonchev–Trinajstić information content (AvgIpc) is 3.35. The van der Waals surface area contributed by atoms with Gasteiger partial charge in [0.15, 0.2) is 0 Å². The first-order valence-corrected chi connectivity index (χ1v) is 11.3. The van der Waals surface area contributed by atoms with Crippen LogP contribution in [0.5, 0.6) is 0 Å². The minimum atomic E-state index is -0.497. The molecule has 2 N–H and O–H groups in total. The Labute approximate surface area is 178 Å². The number of anilines is 1. The fourth-order valence-electron chi connectivity index (χ4n) is 3.78. The molecule has 0 radical (unpaired) electrons. The number of imide groups is 1. The fourth-order valence-corrected chi connectivity index (χ4v) is 5.56. The number of amides is 3. The number of thiophene rings is 2. The van der Waals surface area contributed by atoms with Crippen molar-refractivity contribution in [3.8, 4) is 0 Å². The molecule has 4 rings (SSSR count). The second-order valence-corrected chi connectivity index (χ2v) is 9.24. The van der Waals surface area contributed by atoms with E-state index in [1.807, 2.05) is 38.1 Å². The van der Waals surface area contributed by atoms with Crippen LogP contribution < -0.4 is 10.6 Å². The van der Waals surface area contributed by atoms with E-state index in [2.05, 4.69) is 38.4 Å². The lowest BCUT2D eigenvalue weighted by atomic mass is 9.98. The Hall–Kier alpha value is -2.48. The van der Waals surface area contributed by atoms with Gasteiger partial charge < -0.3 is 5.32 Å². The van der Waals surface area contributed by atoms with Gasteiger partial charge in [-0.05, 0) is 60.4 Å². The highest BCUT2D eigenvalue weighted by molar-refractivity contribution is 7.10. The molecule has 1 aliphatic heterocycles. The van der Waals surface area contributed by atoms with Gasteiger partial charge in [-0.3, -0.25) is 15.0 Å². The van der Waals surface area contributed by atoms with Crippen molar-refractivity contribution in [3.05, 3.63) is 73.6 Å². The lowest BCUT2D eigenvalue weighted by molar-refractivity contribution is -0.121. The zero-order valence-electron chi connectivity index (χ0n) is 16.4. The number of benzene rings is 1. The van der Waals surface area contributed by atoms with Gasteiger partial charge in [-0.2, -0.15) is 0 Å². The molecule has 1 unspecified atom stereocenters. The van der Waals surface area contributed by atoms with E-state index in [0.29, 0.717) is 5.69 Å². The van der Waals surface area contributed by atoms with Crippen LogP contribution in [0, 0.1) is 13.8 Å². The lowest BCUT2D eigenvalue weighted by Gasteiger charge is -2.34. The molecular weight excluding hydrogens is 402 g/mol. The summed E-state index contributed by atoms with van der Waals surface area (Å²) in [5.41, 5.74) is 4.07. The molecule has 7 heteroatoms. The van der Waals surface area contributed by atoms with E-state index in [4.69, 9.17) is 0 Å². The van der Waals surface area contributed by atoms with Gasteiger partial charge in [0, 0.05) is 22.0 Å². The van der Waals surface area contributed by atoms with Crippen LogP contribution >= 0.6 is 22.7 Å². The molecule has 1 atom stereocenters. The predicted molar refractivity (Wildman–Crippen MR) is 119 cm³/mol. The van der Waals surface area contributed by atoms with Crippen LogP contribution in [0.4, 0.5) is 10.5 Å². The minimum Gasteiger partial charge on any atom is -0.307 e. The number of fused-ring (bicyclic) bond motifs is 1. The summed E-state index contributed by atoms with van der Waals surface area (Å²) in [5.74, 6) is -0.299. The number of carbonyl (C=O) groups is 2. The minimum absolute atomic E-state index is 0.0677. The molecule has 0 saturated carbocycles. The SMILES string of the molecule is Cc1ccc(NC(=O)NC(=O)CN2CCc3sccc3C2c2cccs2)c(C)c1. The van der Waals surface area contributed by atoms with Gasteiger partial charge in [-0.15, -0.1) is 22.7 Å².